The van der Waals surface area contributed by atoms with Gasteiger partial charge in [-0.1, -0.05) is 12.1 Å². The van der Waals surface area contributed by atoms with E-state index in [1.807, 2.05) is 0 Å². The molecular formula is C29H6F11N9. The Morgan fingerprint density at radius 3 is 1.29 bits per heavy atom. The van der Waals surface area contributed by atoms with Gasteiger partial charge in [-0.2, -0.15) is 36.9 Å². The summed E-state index contributed by atoms with van der Waals surface area (Å²) in [7, 11) is 0. The summed E-state index contributed by atoms with van der Waals surface area (Å²) in [5, 5.41) is 17.7. The van der Waals surface area contributed by atoms with Crippen molar-refractivity contribution in [2.45, 2.75) is 12.4 Å². The molecule has 0 unspecified atom stereocenters. The van der Waals surface area contributed by atoms with E-state index in [1.165, 1.54) is 12.1 Å². The zero-order chi connectivity index (χ0) is 35.6. The first-order valence-corrected chi connectivity index (χ1v) is 12.9. The first-order valence-electron chi connectivity index (χ1n) is 12.9. The Morgan fingerprint density at radius 2 is 0.918 bits per heavy atom. The number of aromatic nitrogens is 3. The predicted molar refractivity (Wildman–Crippen MR) is 138 cm³/mol. The molecule has 20 heteroatoms. The molecule has 3 aromatic carbocycles. The van der Waals surface area contributed by atoms with Crippen LogP contribution in [0.25, 0.3) is 22.5 Å². The maximum Gasteiger partial charge on any atom is 0.418 e. The molecule has 0 aliphatic carbocycles. The van der Waals surface area contributed by atoms with Crippen LogP contribution in [0.3, 0.4) is 0 Å². The average molecular weight is 689 g/mol. The van der Waals surface area contributed by atoms with Gasteiger partial charge in [-0.05, 0) is 24.3 Å². The monoisotopic (exact) mass is 689 g/mol. The number of benzene rings is 3. The van der Waals surface area contributed by atoms with E-state index in [1.54, 1.807) is 0 Å². The average Bonchev–Trinajstić information content (AvgIpc) is 3.67. The smallest absolute Gasteiger partial charge is 0.226 e. The van der Waals surface area contributed by atoms with Crippen molar-refractivity contribution >= 4 is 11.1 Å². The number of alkyl halides is 6. The normalized spacial score (nSPS) is 15.5. The number of hydrogen-bond donors (Lipinski definition) is 0. The Hall–Kier alpha value is -6.44. The molecular weight excluding hydrogens is 683 g/mol. The molecule has 244 valence electrons. The molecule has 0 spiro atoms. The number of fused-ring (bicyclic) bond motifs is 2. The van der Waals surface area contributed by atoms with E-state index >= 15 is 0 Å². The lowest BCUT2D eigenvalue weighted by Crippen LogP contribution is -2.30. The van der Waals surface area contributed by atoms with Crippen LogP contribution in [0.4, 0.5) is 48.3 Å². The van der Waals surface area contributed by atoms with E-state index < -0.39 is 120 Å². The van der Waals surface area contributed by atoms with Crippen molar-refractivity contribution in [1.29, 1.82) is 10.5 Å². The van der Waals surface area contributed by atoms with Crippen LogP contribution in [0.15, 0.2) is 68.0 Å². The lowest BCUT2D eigenvalue weighted by atomic mass is 10.1. The van der Waals surface area contributed by atoms with E-state index in [4.69, 9.17) is 0 Å². The van der Waals surface area contributed by atoms with Gasteiger partial charge in [-0.15, -0.1) is 0 Å². The van der Waals surface area contributed by atoms with E-state index in [-0.39, 0.29) is 0 Å². The summed E-state index contributed by atoms with van der Waals surface area (Å²) in [5.74, 6) is -17.6. The topological polar surface area (TPSA) is 136 Å². The van der Waals surface area contributed by atoms with Crippen molar-refractivity contribution in [3.05, 3.63) is 121 Å². The fourth-order valence-electron chi connectivity index (χ4n) is 4.56. The summed E-state index contributed by atoms with van der Waals surface area (Å²) in [6.45, 7) is 0. The minimum Gasteiger partial charge on any atom is -0.226 e. The summed E-state index contributed by atoms with van der Waals surface area (Å²) < 4.78 is 154. The third-order valence-corrected chi connectivity index (χ3v) is 6.72. The number of rotatable bonds is 3. The molecule has 3 heterocycles. The van der Waals surface area contributed by atoms with Gasteiger partial charge in [0.25, 0.3) is 0 Å². The first kappa shape index (κ1) is 32.5. The fraction of sp³-hybridized carbons (Fsp3) is 0.0690. The van der Waals surface area contributed by atoms with E-state index in [0.29, 0.717) is 12.1 Å². The maximum absolute atomic E-state index is 14.9. The van der Waals surface area contributed by atoms with Gasteiger partial charge in [0.2, 0.25) is 5.82 Å². The summed E-state index contributed by atoms with van der Waals surface area (Å²) in [4.78, 5) is 26.1. The van der Waals surface area contributed by atoms with Gasteiger partial charge in [0.1, 0.15) is 34.0 Å². The largest absolute Gasteiger partial charge is 0.418 e. The first-order chi connectivity index (χ1) is 23.0. The van der Waals surface area contributed by atoms with Gasteiger partial charge < -0.3 is 0 Å². The van der Waals surface area contributed by atoms with Gasteiger partial charge in [0.05, 0.1) is 27.4 Å². The highest BCUT2D eigenvalue weighted by atomic mass is 19.4. The SMILES string of the molecule is N#C/C(=C1/N=c2cccc(C(F)(F)F)c2=N1)c1nc(/C(C#N)=C2\N=c3cccc(C(F)(F)F)c3=N2)nc(-c2c(F)c(F)c(F)c(F)c2F)n1. The second-order valence-electron chi connectivity index (χ2n) is 9.66. The third kappa shape index (κ3) is 5.42. The minimum atomic E-state index is -4.95. The zero-order valence-corrected chi connectivity index (χ0v) is 23.1. The summed E-state index contributed by atoms with van der Waals surface area (Å²) in [6, 6.07) is 8.37. The standard InChI is InChI=1S/C29H6F11N9/c30-16-15(17(31)19(33)20(34)18(16)32)27-48-25(9(7-41)23-43-13-5-1-3-11(21(13)45-23)28(35,36)37)47-26(49-27)10(8-42)24-44-14-6-2-4-12(22(14)46-24)29(38,39)40/h1-6H/b23-9+,24-10+. The Morgan fingerprint density at radius 1 is 0.531 bits per heavy atom. The number of halogens is 11. The Bertz CT molecular complexity index is 2390. The molecule has 9 nitrogen and oxygen atoms in total. The number of para-hydroxylation sites is 2. The summed E-state index contributed by atoms with van der Waals surface area (Å²) >= 11 is 0. The molecule has 0 radical (unpaired) electrons. The molecule has 6 rings (SSSR count). The molecule has 0 bridgehead atoms. The van der Waals surface area contributed by atoms with Crippen molar-refractivity contribution in [3.8, 4) is 23.5 Å². The van der Waals surface area contributed by atoms with Gasteiger partial charge in [0, 0.05) is 0 Å². The number of allylic oxidation sites excluding steroid dienone is 2. The van der Waals surface area contributed by atoms with Crippen LogP contribution >= 0.6 is 0 Å². The second kappa shape index (κ2) is 11.4. The van der Waals surface area contributed by atoms with Crippen molar-refractivity contribution in [1.82, 2.24) is 15.0 Å². The lowest BCUT2D eigenvalue weighted by molar-refractivity contribution is -0.139. The van der Waals surface area contributed by atoms with E-state index in [0.717, 1.165) is 24.3 Å². The minimum absolute atomic E-state index is 0.395. The van der Waals surface area contributed by atoms with Crippen LogP contribution in [0.2, 0.25) is 0 Å². The van der Waals surface area contributed by atoms with Gasteiger partial charge in [0.15, 0.2) is 52.4 Å². The molecule has 49 heavy (non-hydrogen) atoms. The molecule has 0 atom stereocenters. The maximum atomic E-state index is 14.9. The highest BCUT2D eigenvalue weighted by Gasteiger charge is 2.36. The van der Waals surface area contributed by atoms with Crippen LogP contribution in [0, 0.1) is 51.7 Å². The van der Waals surface area contributed by atoms with E-state index in [2.05, 4.69) is 34.9 Å². The van der Waals surface area contributed by atoms with Gasteiger partial charge in [-0.3, -0.25) is 0 Å². The molecule has 4 aromatic rings. The van der Waals surface area contributed by atoms with Crippen molar-refractivity contribution in [2.24, 2.45) is 20.0 Å². The molecule has 2 aliphatic heterocycles. The quantitative estimate of drug-likeness (QED) is 0.135. The molecule has 0 N–H and O–H groups in total. The predicted octanol–water partition coefficient (Wildman–Crippen LogP) is 4.56. The van der Waals surface area contributed by atoms with Crippen LogP contribution < -0.4 is 21.4 Å². The van der Waals surface area contributed by atoms with Crippen molar-refractivity contribution in [3.63, 3.8) is 0 Å². The van der Waals surface area contributed by atoms with Crippen LogP contribution in [0.5, 0.6) is 0 Å². The Labute approximate surface area is 262 Å². The number of nitrogens with zero attached hydrogens (tertiary/aromatic N) is 9. The second-order valence-corrected chi connectivity index (χ2v) is 9.66. The molecule has 0 saturated heterocycles. The number of hydrogen-bond acceptors (Lipinski definition) is 9. The molecule has 0 amide bonds. The molecule has 0 saturated carbocycles. The van der Waals surface area contributed by atoms with Crippen LogP contribution in [0.1, 0.15) is 22.8 Å². The summed E-state index contributed by atoms with van der Waals surface area (Å²) in [5.41, 5.74) is -6.24. The fourth-order valence-corrected chi connectivity index (χ4v) is 4.56. The highest BCUT2D eigenvalue weighted by Crippen LogP contribution is 2.33. The lowest BCUT2D eigenvalue weighted by Gasteiger charge is -2.10. The highest BCUT2D eigenvalue weighted by molar-refractivity contribution is 5.80. The van der Waals surface area contributed by atoms with Crippen LogP contribution in [-0.4, -0.2) is 15.0 Å². The Balaban J connectivity index is 1.68. The van der Waals surface area contributed by atoms with Gasteiger partial charge >= 0.3 is 12.4 Å². The zero-order valence-electron chi connectivity index (χ0n) is 23.1. The van der Waals surface area contributed by atoms with Crippen LogP contribution in [-0.2, 0) is 12.4 Å². The van der Waals surface area contributed by atoms with Gasteiger partial charge in [-0.25, -0.2) is 56.9 Å². The summed E-state index contributed by atoms with van der Waals surface area (Å²) in [6.07, 6.45) is -9.89. The molecule has 0 fully saturated rings. The molecule has 2 aliphatic rings. The Kier molecular flexibility index (Phi) is 7.54. The van der Waals surface area contributed by atoms with E-state index in [9.17, 15) is 58.8 Å². The third-order valence-electron chi connectivity index (χ3n) is 6.72. The number of nitriles is 2. The van der Waals surface area contributed by atoms with Crippen molar-refractivity contribution in [2.75, 3.05) is 0 Å². The molecule has 1 aromatic heterocycles. The van der Waals surface area contributed by atoms with Crippen molar-refractivity contribution < 1.29 is 48.3 Å².